The number of rotatable bonds is 5. The Bertz CT molecular complexity index is 299. The lowest BCUT2D eigenvalue weighted by Crippen LogP contribution is -2.25. The number of nitrogens with zero attached hydrogens (tertiary/aromatic N) is 1. The highest BCUT2D eigenvalue weighted by atomic mass is 35.5. The zero-order chi connectivity index (χ0) is 12.2. The molecule has 0 saturated carbocycles. The summed E-state index contributed by atoms with van der Waals surface area (Å²) in [4.78, 5) is 23.5. The average molecular weight is 252 g/mol. The fourth-order valence-electron chi connectivity index (χ4n) is 1.49. The summed E-state index contributed by atoms with van der Waals surface area (Å²) in [6.07, 6.45) is 0. The fourth-order valence-corrected chi connectivity index (χ4v) is 1.49. The van der Waals surface area contributed by atoms with Crippen molar-refractivity contribution in [1.29, 1.82) is 0 Å². The van der Waals surface area contributed by atoms with Gasteiger partial charge in [-0.15, -0.1) is 12.4 Å². The van der Waals surface area contributed by atoms with E-state index in [1.165, 1.54) is 6.92 Å². The standard InChI is InChI=1S/C10H17NO4.ClH/c1-6(5-11(3)4)8(10(14)15)7(2)9(12)13;/h6H,5H2,1-4H3,(H,12,13)(H,14,15);1H/b8-7+;. The molecule has 0 aliphatic carbocycles. The molecule has 1 unspecified atom stereocenters. The molecule has 0 rings (SSSR count). The minimum absolute atomic E-state index is 0. The van der Waals surface area contributed by atoms with Crippen LogP contribution in [0.3, 0.4) is 0 Å². The largest absolute Gasteiger partial charge is 0.478 e. The smallest absolute Gasteiger partial charge is 0.332 e. The van der Waals surface area contributed by atoms with Crippen LogP contribution in [0.1, 0.15) is 13.8 Å². The Morgan fingerprint density at radius 1 is 1.19 bits per heavy atom. The minimum Gasteiger partial charge on any atom is -0.478 e. The summed E-state index contributed by atoms with van der Waals surface area (Å²) < 4.78 is 0. The zero-order valence-electron chi connectivity index (χ0n) is 9.85. The molecule has 0 aliphatic heterocycles. The SMILES string of the molecule is C/C(C(=O)O)=C(\C(=O)O)C(C)CN(C)C.Cl. The second-order valence-electron chi connectivity index (χ2n) is 3.81. The lowest BCUT2D eigenvalue weighted by molar-refractivity contribution is -0.136. The molecular formula is C10H18ClNO4. The van der Waals surface area contributed by atoms with Crippen LogP contribution in [0.4, 0.5) is 0 Å². The van der Waals surface area contributed by atoms with Crippen LogP contribution in [0, 0.1) is 5.92 Å². The van der Waals surface area contributed by atoms with Crippen LogP contribution in [-0.2, 0) is 9.59 Å². The molecule has 0 aliphatic rings. The van der Waals surface area contributed by atoms with Gasteiger partial charge in [-0.25, -0.2) is 9.59 Å². The third-order valence-electron chi connectivity index (χ3n) is 2.09. The van der Waals surface area contributed by atoms with Gasteiger partial charge in [-0.3, -0.25) is 0 Å². The van der Waals surface area contributed by atoms with Crippen molar-refractivity contribution in [2.75, 3.05) is 20.6 Å². The van der Waals surface area contributed by atoms with E-state index < -0.39 is 11.9 Å². The summed E-state index contributed by atoms with van der Waals surface area (Å²) in [5.74, 6) is -2.66. The molecule has 1 atom stereocenters. The van der Waals surface area contributed by atoms with Gasteiger partial charge in [0.1, 0.15) is 0 Å². The fraction of sp³-hybridized carbons (Fsp3) is 0.600. The molecule has 16 heavy (non-hydrogen) atoms. The van der Waals surface area contributed by atoms with Crippen molar-refractivity contribution in [3.8, 4) is 0 Å². The molecule has 0 aromatic heterocycles. The quantitative estimate of drug-likeness (QED) is 0.716. The van der Waals surface area contributed by atoms with E-state index in [-0.39, 0.29) is 29.5 Å². The number of carboxylic acids is 2. The number of hydrogen-bond donors (Lipinski definition) is 2. The number of aliphatic carboxylic acids is 2. The maximum atomic E-state index is 10.9. The first-order chi connectivity index (χ1) is 6.77. The van der Waals surface area contributed by atoms with E-state index in [9.17, 15) is 9.59 Å². The second-order valence-corrected chi connectivity index (χ2v) is 3.81. The van der Waals surface area contributed by atoms with E-state index in [0.29, 0.717) is 6.54 Å². The first-order valence-electron chi connectivity index (χ1n) is 4.59. The summed E-state index contributed by atoms with van der Waals surface area (Å²) >= 11 is 0. The Kier molecular flexibility index (Phi) is 7.85. The molecule has 2 N–H and O–H groups in total. The van der Waals surface area contributed by atoms with Gasteiger partial charge in [-0.05, 0) is 21.0 Å². The van der Waals surface area contributed by atoms with Crippen LogP contribution < -0.4 is 0 Å². The molecular weight excluding hydrogens is 234 g/mol. The third-order valence-corrected chi connectivity index (χ3v) is 2.09. The molecule has 0 spiro atoms. The molecule has 0 fully saturated rings. The lowest BCUT2D eigenvalue weighted by Gasteiger charge is -2.18. The van der Waals surface area contributed by atoms with Crippen molar-refractivity contribution < 1.29 is 19.8 Å². The van der Waals surface area contributed by atoms with Gasteiger partial charge in [0, 0.05) is 18.0 Å². The molecule has 6 heteroatoms. The number of hydrogen-bond acceptors (Lipinski definition) is 3. The third kappa shape index (κ3) is 5.14. The Morgan fingerprint density at radius 3 is 1.88 bits per heavy atom. The zero-order valence-corrected chi connectivity index (χ0v) is 10.7. The topological polar surface area (TPSA) is 77.8 Å². The Morgan fingerprint density at radius 2 is 1.62 bits per heavy atom. The molecule has 0 heterocycles. The van der Waals surface area contributed by atoms with Crippen molar-refractivity contribution in [3.63, 3.8) is 0 Å². The van der Waals surface area contributed by atoms with Crippen LogP contribution >= 0.6 is 12.4 Å². The van der Waals surface area contributed by atoms with Gasteiger partial charge in [0.15, 0.2) is 0 Å². The van der Waals surface area contributed by atoms with Crippen LogP contribution in [-0.4, -0.2) is 47.7 Å². The minimum atomic E-state index is -1.18. The van der Waals surface area contributed by atoms with Crippen LogP contribution in [0.25, 0.3) is 0 Å². The van der Waals surface area contributed by atoms with Gasteiger partial charge in [-0.1, -0.05) is 6.92 Å². The summed E-state index contributed by atoms with van der Waals surface area (Å²) in [6, 6.07) is 0. The normalized spacial score (nSPS) is 13.8. The van der Waals surface area contributed by atoms with Gasteiger partial charge in [0.2, 0.25) is 0 Å². The molecule has 5 nitrogen and oxygen atoms in total. The number of carbonyl (C=O) groups is 2. The number of halogens is 1. The Balaban J connectivity index is 0. The highest BCUT2D eigenvalue weighted by Crippen LogP contribution is 2.16. The Hall–Kier alpha value is -1.07. The van der Waals surface area contributed by atoms with E-state index >= 15 is 0 Å². The van der Waals surface area contributed by atoms with E-state index in [2.05, 4.69) is 0 Å². The molecule has 0 aromatic carbocycles. The first kappa shape index (κ1) is 17.3. The van der Waals surface area contributed by atoms with Crippen molar-refractivity contribution in [1.82, 2.24) is 4.90 Å². The molecule has 94 valence electrons. The van der Waals surface area contributed by atoms with Crippen LogP contribution in [0.2, 0.25) is 0 Å². The molecule has 0 amide bonds. The van der Waals surface area contributed by atoms with Crippen molar-refractivity contribution >= 4 is 24.3 Å². The van der Waals surface area contributed by atoms with Crippen LogP contribution in [0.5, 0.6) is 0 Å². The van der Waals surface area contributed by atoms with Gasteiger partial charge < -0.3 is 15.1 Å². The Labute approximate surface area is 101 Å². The van der Waals surface area contributed by atoms with Crippen LogP contribution in [0.15, 0.2) is 11.1 Å². The van der Waals surface area contributed by atoms with Gasteiger partial charge in [0.25, 0.3) is 0 Å². The van der Waals surface area contributed by atoms with Crippen molar-refractivity contribution in [2.45, 2.75) is 13.8 Å². The molecule has 0 saturated heterocycles. The summed E-state index contributed by atoms with van der Waals surface area (Å²) in [7, 11) is 3.62. The molecule has 0 aromatic rings. The summed E-state index contributed by atoms with van der Waals surface area (Å²) in [6.45, 7) is 3.53. The van der Waals surface area contributed by atoms with Gasteiger partial charge >= 0.3 is 11.9 Å². The summed E-state index contributed by atoms with van der Waals surface area (Å²) in [5, 5.41) is 17.7. The summed E-state index contributed by atoms with van der Waals surface area (Å²) in [5.41, 5.74) is -0.131. The predicted molar refractivity (Wildman–Crippen MR) is 62.9 cm³/mol. The molecule has 0 radical (unpaired) electrons. The second kappa shape index (κ2) is 7.24. The average Bonchev–Trinajstić information content (AvgIpc) is 2.01. The van der Waals surface area contributed by atoms with Gasteiger partial charge in [0.05, 0.1) is 5.57 Å². The maximum absolute atomic E-state index is 10.9. The van der Waals surface area contributed by atoms with E-state index in [1.807, 2.05) is 19.0 Å². The van der Waals surface area contributed by atoms with E-state index in [1.54, 1.807) is 6.92 Å². The number of carboxylic acid groups (broad SMARTS) is 2. The predicted octanol–water partition coefficient (Wildman–Crippen LogP) is 1.09. The van der Waals surface area contributed by atoms with E-state index in [0.717, 1.165) is 0 Å². The van der Waals surface area contributed by atoms with Crippen molar-refractivity contribution in [2.24, 2.45) is 5.92 Å². The van der Waals surface area contributed by atoms with Crippen molar-refractivity contribution in [3.05, 3.63) is 11.1 Å². The monoisotopic (exact) mass is 251 g/mol. The lowest BCUT2D eigenvalue weighted by atomic mass is 9.96. The highest BCUT2D eigenvalue weighted by Gasteiger charge is 2.22. The maximum Gasteiger partial charge on any atom is 0.332 e. The highest BCUT2D eigenvalue weighted by molar-refractivity contribution is 5.98. The molecule has 0 bridgehead atoms. The first-order valence-corrected chi connectivity index (χ1v) is 4.59. The van der Waals surface area contributed by atoms with E-state index in [4.69, 9.17) is 10.2 Å². The van der Waals surface area contributed by atoms with Gasteiger partial charge in [-0.2, -0.15) is 0 Å².